The summed E-state index contributed by atoms with van der Waals surface area (Å²) in [6.45, 7) is 9.40. The van der Waals surface area contributed by atoms with Crippen LogP contribution in [0.3, 0.4) is 0 Å². The van der Waals surface area contributed by atoms with Gasteiger partial charge in [0.25, 0.3) is 11.8 Å². The largest absolute Gasteiger partial charge is 0.350 e. The van der Waals surface area contributed by atoms with E-state index in [4.69, 9.17) is 9.47 Å². The number of nitrogens with zero attached hydrogens (tertiary/aromatic N) is 1. The van der Waals surface area contributed by atoms with Gasteiger partial charge in [0.15, 0.2) is 6.29 Å². The molecule has 0 bridgehead atoms. The lowest BCUT2D eigenvalue weighted by atomic mass is 10.0. The molecule has 53 heavy (non-hydrogen) atoms. The second-order valence-corrected chi connectivity index (χ2v) is 15.4. The van der Waals surface area contributed by atoms with Crippen LogP contribution in [-0.2, 0) is 9.47 Å². The Balaban J connectivity index is 1.68. The molecule has 0 radical (unpaired) electrons. The first-order valence-corrected chi connectivity index (χ1v) is 21.8. The van der Waals surface area contributed by atoms with Crippen LogP contribution in [0.2, 0.25) is 0 Å². The number of carbonyl (C=O) groups is 2. The van der Waals surface area contributed by atoms with Crippen molar-refractivity contribution in [2.75, 3.05) is 13.2 Å². The predicted octanol–water partition coefficient (Wildman–Crippen LogP) is 14.0. The molecular formula is C48H77NO4. The molecule has 1 heterocycles. The highest BCUT2D eigenvalue weighted by Gasteiger charge is 2.48. The van der Waals surface area contributed by atoms with Crippen LogP contribution in [0.15, 0.2) is 72.9 Å². The maximum atomic E-state index is 13.4. The third-order valence-corrected chi connectivity index (χ3v) is 10.2. The molecule has 298 valence electrons. The monoisotopic (exact) mass is 732 g/mol. The zero-order valence-electron chi connectivity index (χ0n) is 34.5. The van der Waals surface area contributed by atoms with Gasteiger partial charge >= 0.3 is 0 Å². The molecule has 0 saturated carbocycles. The normalized spacial score (nSPS) is 13.8. The molecule has 1 aromatic rings. The summed E-state index contributed by atoms with van der Waals surface area (Å²) in [6, 6.07) is 7.08. The summed E-state index contributed by atoms with van der Waals surface area (Å²) in [5.74, 6) is -0.537. The van der Waals surface area contributed by atoms with Crippen LogP contribution in [-0.4, -0.2) is 41.8 Å². The highest BCUT2D eigenvalue weighted by molar-refractivity contribution is 6.21. The van der Waals surface area contributed by atoms with Crippen LogP contribution >= 0.6 is 0 Å². The van der Waals surface area contributed by atoms with Gasteiger partial charge < -0.3 is 9.47 Å². The lowest BCUT2D eigenvalue weighted by Gasteiger charge is -2.40. The summed E-state index contributed by atoms with van der Waals surface area (Å²) in [6.07, 6.45) is 46.4. The molecule has 0 atom stereocenters. The summed E-state index contributed by atoms with van der Waals surface area (Å²) >= 11 is 0. The van der Waals surface area contributed by atoms with Gasteiger partial charge in [-0.2, -0.15) is 0 Å². The molecule has 5 nitrogen and oxygen atoms in total. The van der Waals surface area contributed by atoms with Crippen molar-refractivity contribution in [1.82, 2.24) is 4.90 Å². The molecule has 0 N–H and O–H groups in total. The number of benzene rings is 1. The fourth-order valence-electron chi connectivity index (χ4n) is 6.84. The van der Waals surface area contributed by atoms with Crippen molar-refractivity contribution < 1.29 is 19.1 Å². The lowest BCUT2D eigenvalue weighted by molar-refractivity contribution is -0.195. The Bertz CT molecular complexity index is 1130. The summed E-state index contributed by atoms with van der Waals surface area (Å²) in [7, 11) is 0. The smallest absolute Gasteiger partial charge is 0.262 e. The molecule has 0 fully saturated rings. The summed E-state index contributed by atoms with van der Waals surface area (Å²) in [5.41, 5.74) is -0.0247. The van der Waals surface area contributed by atoms with E-state index in [2.05, 4.69) is 62.5 Å². The van der Waals surface area contributed by atoms with Crippen molar-refractivity contribution in [3.8, 4) is 0 Å². The number of rotatable bonds is 34. The number of imide groups is 1. The minimum Gasteiger partial charge on any atom is -0.350 e. The third kappa shape index (κ3) is 19.9. The molecule has 0 unspecified atom stereocenters. The number of unbranched alkanes of at least 4 members (excludes halogenated alkanes) is 18. The van der Waals surface area contributed by atoms with E-state index < -0.39 is 11.8 Å². The molecule has 2 amide bonds. The molecule has 0 aliphatic carbocycles. The van der Waals surface area contributed by atoms with Crippen LogP contribution in [0.5, 0.6) is 0 Å². The maximum Gasteiger partial charge on any atom is 0.262 e. The fraction of sp³-hybridized carbons (Fsp3) is 0.667. The van der Waals surface area contributed by atoms with E-state index >= 15 is 0 Å². The standard InChI is InChI=1S/C48H77NO4/c1-5-7-9-11-13-15-17-19-21-23-25-27-29-31-33-37-41-52-47(48(3,4)49-45(50)43-39-35-36-40-44(43)46(49)51)53-42-38-34-32-30-28-26-24-22-20-18-16-14-12-10-8-6-2/h13-16,19-22,35-36,39-40,47H,5-12,17-18,23-34,37-38,41-42H2,1-4H3/b15-13-,16-14-,21-19-,22-20-. The van der Waals surface area contributed by atoms with Crippen molar-refractivity contribution in [1.29, 1.82) is 0 Å². The van der Waals surface area contributed by atoms with Gasteiger partial charge in [-0.05, 0) is 103 Å². The zero-order chi connectivity index (χ0) is 38.2. The van der Waals surface area contributed by atoms with Crippen molar-refractivity contribution in [2.24, 2.45) is 0 Å². The van der Waals surface area contributed by atoms with Gasteiger partial charge in [0.1, 0.15) is 0 Å². The van der Waals surface area contributed by atoms with Gasteiger partial charge in [-0.15, -0.1) is 0 Å². The van der Waals surface area contributed by atoms with E-state index in [1.54, 1.807) is 12.1 Å². The Morgan fingerprint density at radius 1 is 0.509 bits per heavy atom. The average molecular weight is 732 g/mol. The molecule has 0 saturated heterocycles. The van der Waals surface area contributed by atoms with Crippen LogP contribution in [0.4, 0.5) is 0 Å². The Morgan fingerprint density at radius 2 is 0.849 bits per heavy atom. The Kier molecular flexibility index (Phi) is 26.7. The van der Waals surface area contributed by atoms with Gasteiger partial charge in [-0.1, -0.05) is 152 Å². The Hall–Kier alpha value is -2.76. The number of allylic oxidation sites excluding steroid dienone is 8. The van der Waals surface area contributed by atoms with Crippen molar-refractivity contribution in [3.63, 3.8) is 0 Å². The van der Waals surface area contributed by atoms with Crippen LogP contribution < -0.4 is 0 Å². The molecule has 2 rings (SSSR count). The number of carbonyl (C=O) groups excluding carboxylic acids is 2. The molecule has 1 aliphatic heterocycles. The minimum atomic E-state index is -0.941. The number of amides is 2. The molecule has 0 aromatic heterocycles. The van der Waals surface area contributed by atoms with E-state index in [0.29, 0.717) is 24.3 Å². The van der Waals surface area contributed by atoms with E-state index in [0.717, 1.165) is 51.4 Å². The second-order valence-electron chi connectivity index (χ2n) is 15.4. The van der Waals surface area contributed by atoms with Gasteiger partial charge in [-0.25, -0.2) is 0 Å². The Morgan fingerprint density at radius 3 is 1.23 bits per heavy atom. The predicted molar refractivity (Wildman–Crippen MR) is 225 cm³/mol. The summed E-state index contributed by atoms with van der Waals surface area (Å²) < 4.78 is 12.7. The van der Waals surface area contributed by atoms with E-state index in [-0.39, 0.29) is 11.8 Å². The third-order valence-electron chi connectivity index (χ3n) is 10.2. The molecule has 1 aromatic carbocycles. The first-order chi connectivity index (χ1) is 25.9. The zero-order valence-corrected chi connectivity index (χ0v) is 34.5. The quantitative estimate of drug-likeness (QED) is 0.0306. The topological polar surface area (TPSA) is 55.8 Å². The van der Waals surface area contributed by atoms with Gasteiger partial charge in [0.05, 0.1) is 16.7 Å². The molecule has 0 spiro atoms. The minimum absolute atomic E-state index is 0.268. The van der Waals surface area contributed by atoms with Gasteiger partial charge in [0.2, 0.25) is 0 Å². The van der Waals surface area contributed by atoms with E-state index in [1.807, 2.05) is 26.0 Å². The maximum absolute atomic E-state index is 13.4. The fourth-order valence-corrected chi connectivity index (χ4v) is 6.84. The average Bonchev–Trinajstić information content (AvgIpc) is 3.42. The lowest BCUT2D eigenvalue weighted by Crippen LogP contribution is -2.56. The van der Waals surface area contributed by atoms with E-state index in [1.165, 1.54) is 108 Å². The second kappa shape index (κ2) is 30.6. The first-order valence-electron chi connectivity index (χ1n) is 21.8. The van der Waals surface area contributed by atoms with Crippen molar-refractivity contribution in [3.05, 3.63) is 84.0 Å². The highest BCUT2D eigenvalue weighted by atomic mass is 16.7. The van der Waals surface area contributed by atoms with Crippen LogP contribution in [0.1, 0.15) is 203 Å². The molecule has 1 aliphatic rings. The highest BCUT2D eigenvalue weighted by Crippen LogP contribution is 2.33. The first kappa shape index (κ1) is 46.4. The van der Waals surface area contributed by atoms with Gasteiger partial charge in [0, 0.05) is 13.2 Å². The van der Waals surface area contributed by atoms with Crippen LogP contribution in [0.25, 0.3) is 0 Å². The van der Waals surface area contributed by atoms with Crippen LogP contribution in [0, 0.1) is 0 Å². The van der Waals surface area contributed by atoms with Crippen molar-refractivity contribution >= 4 is 11.8 Å². The number of fused-ring (bicyclic) bond motifs is 1. The molecule has 5 heteroatoms. The molecular weight excluding hydrogens is 655 g/mol. The van der Waals surface area contributed by atoms with Gasteiger partial charge in [-0.3, -0.25) is 14.5 Å². The van der Waals surface area contributed by atoms with E-state index in [9.17, 15) is 9.59 Å². The van der Waals surface area contributed by atoms with Crippen molar-refractivity contribution in [2.45, 2.75) is 194 Å². The summed E-state index contributed by atoms with van der Waals surface area (Å²) in [4.78, 5) is 28.2. The number of hydrogen-bond donors (Lipinski definition) is 0. The number of ether oxygens (including phenoxy) is 2. The SMILES string of the molecule is CCCCC/C=C\C/C=C\CCCCCCCCOC(OCCCCCCCC/C=C\C/C=C\CCCCC)C(C)(C)N1C(=O)c2ccccc2C1=O. The Labute approximate surface area is 325 Å². The summed E-state index contributed by atoms with van der Waals surface area (Å²) in [5, 5.41) is 0. The number of hydrogen-bond acceptors (Lipinski definition) is 4.